The summed E-state index contributed by atoms with van der Waals surface area (Å²) in [6.45, 7) is 3.82. The number of fused-ring (bicyclic) bond motifs is 5. The Morgan fingerprint density at radius 2 is 1.84 bits per heavy atom. The Kier molecular flexibility index (Phi) is 3.06. The SMILES string of the molecule is CCC(C)N(CC(=O)O)C(=O)C1C2C3CCC(C3)C12. The van der Waals surface area contributed by atoms with Gasteiger partial charge in [0.05, 0.1) is 0 Å². The van der Waals surface area contributed by atoms with Gasteiger partial charge in [0, 0.05) is 12.0 Å². The smallest absolute Gasteiger partial charge is 0.323 e. The van der Waals surface area contributed by atoms with Gasteiger partial charge in [-0.15, -0.1) is 0 Å². The van der Waals surface area contributed by atoms with Crippen LogP contribution in [-0.2, 0) is 9.59 Å². The maximum Gasteiger partial charge on any atom is 0.323 e. The molecule has 3 rings (SSSR count). The maximum atomic E-state index is 12.6. The van der Waals surface area contributed by atoms with Crippen molar-refractivity contribution in [3.63, 3.8) is 0 Å². The lowest BCUT2D eigenvalue weighted by Gasteiger charge is -2.28. The van der Waals surface area contributed by atoms with Crippen LogP contribution in [0, 0.1) is 29.6 Å². The highest BCUT2D eigenvalue weighted by Crippen LogP contribution is 2.69. The predicted molar refractivity (Wildman–Crippen MR) is 70.4 cm³/mol. The largest absolute Gasteiger partial charge is 0.480 e. The minimum Gasteiger partial charge on any atom is -0.480 e. The van der Waals surface area contributed by atoms with Crippen molar-refractivity contribution in [1.29, 1.82) is 0 Å². The second kappa shape index (κ2) is 4.50. The monoisotopic (exact) mass is 265 g/mol. The summed E-state index contributed by atoms with van der Waals surface area (Å²) in [5.41, 5.74) is 0. The summed E-state index contributed by atoms with van der Waals surface area (Å²) in [6.07, 6.45) is 4.71. The molecule has 0 radical (unpaired) electrons. The van der Waals surface area contributed by atoms with E-state index in [2.05, 4.69) is 0 Å². The molecule has 5 atom stereocenters. The van der Waals surface area contributed by atoms with Crippen molar-refractivity contribution < 1.29 is 14.7 Å². The van der Waals surface area contributed by atoms with Gasteiger partial charge in [-0.1, -0.05) is 6.92 Å². The minimum absolute atomic E-state index is 0.0302. The molecule has 0 aromatic heterocycles. The second-order valence-corrected chi connectivity index (χ2v) is 6.63. The summed E-state index contributed by atoms with van der Waals surface area (Å²) in [6, 6.07) is 0.0302. The molecule has 1 amide bonds. The van der Waals surface area contributed by atoms with Crippen LogP contribution in [0.4, 0.5) is 0 Å². The average molecular weight is 265 g/mol. The molecule has 0 aromatic carbocycles. The van der Waals surface area contributed by atoms with E-state index in [1.807, 2.05) is 13.8 Å². The number of amides is 1. The molecule has 1 N–H and O–H groups in total. The zero-order valence-electron chi connectivity index (χ0n) is 11.7. The van der Waals surface area contributed by atoms with E-state index in [4.69, 9.17) is 5.11 Å². The molecule has 0 heterocycles. The third-order valence-electron chi connectivity index (χ3n) is 5.73. The second-order valence-electron chi connectivity index (χ2n) is 6.63. The number of carbonyl (C=O) groups excluding carboxylic acids is 1. The van der Waals surface area contributed by atoms with Gasteiger partial charge < -0.3 is 10.0 Å². The van der Waals surface area contributed by atoms with Gasteiger partial charge in [-0.05, 0) is 56.3 Å². The van der Waals surface area contributed by atoms with Crippen molar-refractivity contribution in [2.24, 2.45) is 29.6 Å². The first-order valence-electron chi connectivity index (χ1n) is 7.56. The third-order valence-corrected chi connectivity index (χ3v) is 5.73. The van der Waals surface area contributed by atoms with E-state index in [-0.39, 0.29) is 24.4 Å². The molecule has 3 saturated carbocycles. The van der Waals surface area contributed by atoms with E-state index in [0.717, 1.165) is 18.3 Å². The summed E-state index contributed by atoms with van der Waals surface area (Å²) in [5, 5.41) is 9.00. The summed E-state index contributed by atoms with van der Waals surface area (Å²) >= 11 is 0. The van der Waals surface area contributed by atoms with Crippen molar-refractivity contribution in [2.75, 3.05) is 6.54 Å². The van der Waals surface area contributed by atoms with Gasteiger partial charge >= 0.3 is 5.97 Å². The van der Waals surface area contributed by atoms with Gasteiger partial charge in [0.25, 0.3) is 0 Å². The quantitative estimate of drug-likeness (QED) is 0.827. The lowest BCUT2D eigenvalue weighted by atomic mass is 10.0. The minimum atomic E-state index is -0.901. The fourth-order valence-electron chi connectivity index (χ4n) is 4.66. The van der Waals surface area contributed by atoms with Crippen LogP contribution in [0.25, 0.3) is 0 Å². The number of rotatable bonds is 5. The molecule has 4 nitrogen and oxygen atoms in total. The Balaban J connectivity index is 1.70. The van der Waals surface area contributed by atoms with Crippen LogP contribution in [-0.4, -0.2) is 34.5 Å². The van der Waals surface area contributed by atoms with Crippen molar-refractivity contribution >= 4 is 11.9 Å². The van der Waals surface area contributed by atoms with Gasteiger partial charge in [0.2, 0.25) is 5.91 Å². The van der Waals surface area contributed by atoms with Crippen LogP contribution in [0.3, 0.4) is 0 Å². The van der Waals surface area contributed by atoms with Crippen molar-refractivity contribution in [3.05, 3.63) is 0 Å². The molecule has 0 aromatic rings. The normalized spacial score (nSPS) is 39.8. The molecule has 2 bridgehead atoms. The van der Waals surface area contributed by atoms with Crippen LogP contribution in [0.15, 0.2) is 0 Å². The van der Waals surface area contributed by atoms with Crippen molar-refractivity contribution in [1.82, 2.24) is 4.90 Å². The topological polar surface area (TPSA) is 57.6 Å². The van der Waals surface area contributed by atoms with Gasteiger partial charge in [-0.25, -0.2) is 0 Å². The number of hydrogen-bond acceptors (Lipinski definition) is 2. The molecule has 19 heavy (non-hydrogen) atoms. The summed E-state index contributed by atoms with van der Waals surface area (Å²) in [4.78, 5) is 25.2. The molecule has 3 aliphatic carbocycles. The van der Waals surface area contributed by atoms with Crippen molar-refractivity contribution in [2.45, 2.75) is 45.6 Å². The molecule has 4 heteroatoms. The van der Waals surface area contributed by atoms with Gasteiger partial charge in [0.1, 0.15) is 6.54 Å². The van der Waals surface area contributed by atoms with E-state index in [9.17, 15) is 9.59 Å². The van der Waals surface area contributed by atoms with Crippen molar-refractivity contribution in [3.8, 4) is 0 Å². The maximum absolute atomic E-state index is 12.6. The molecule has 0 saturated heterocycles. The molecule has 0 aliphatic heterocycles. The van der Waals surface area contributed by atoms with E-state index in [1.54, 1.807) is 4.90 Å². The first-order chi connectivity index (χ1) is 9.04. The molecule has 5 unspecified atom stereocenters. The Hall–Kier alpha value is -1.06. The standard InChI is InChI=1S/C15H23NO3/c1-3-8(2)16(7-11(17)18)15(19)14-12-9-4-5-10(6-9)13(12)14/h8-10,12-14H,3-7H2,1-2H3,(H,17,18). The average Bonchev–Trinajstić information content (AvgIpc) is 2.82. The van der Waals surface area contributed by atoms with Gasteiger partial charge in [0.15, 0.2) is 0 Å². The van der Waals surface area contributed by atoms with Crippen LogP contribution in [0.1, 0.15) is 39.5 Å². The molecular formula is C15H23NO3. The highest BCUT2D eigenvalue weighted by molar-refractivity contribution is 5.86. The summed E-state index contributed by atoms with van der Waals surface area (Å²) in [5.74, 6) is 2.06. The Bertz CT molecular complexity index is 392. The fraction of sp³-hybridized carbons (Fsp3) is 0.867. The number of carbonyl (C=O) groups is 2. The molecular weight excluding hydrogens is 242 g/mol. The molecule has 0 spiro atoms. The summed E-state index contributed by atoms with van der Waals surface area (Å²) < 4.78 is 0. The predicted octanol–water partition coefficient (Wildman–Crippen LogP) is 1.99. The Morgan fingerprint density at radius 3 is 2.32 bits per heavy atom. The van der Waals surface area contributed by atoms with E-state index in [1.165, 1.54) is 19.3 Å². The van der Waals surface area contributed by atoms with Gasteiger partial charge in [-0.2, -0.15) is 0 Å². The van der Waals surface area contributed by atoms with Gasteiger partial charge in [-0.3, -0.25) is 9.59 Å². The van der Waals surface area contributed by atoms with Crippen LogP contribution >= 0.6 is 0 Å². The zero-order chi connectivity index (χ0) is 13.7. The number of nitrogens with zero attached hydrogens (tertiary/aromatic N) is 1. The van der Waals surface area contributed by atoms with E-state index in [0.29, 0.717) is 11.8 Å². The highest BCUT2D eigenvalue weighted by Gasteiger charge is 2.68. The number of aliphatic carboxylic acids is 1. The summed E-state index contributed by atoms with van der Waals surface area (Å²) in [7, 11) is 0. The molecule has 3 aliphatic rings. The van der Waals surface area contributed by atoms with Crippen LogP contribution < -0.4 is 0 Å². The van der Waals surface area contributed by atoms with E-state index >= 15 is 0 Å². The Morgan fingerprint density at radius 1 is 1.26 bits per heavy atom. The number of carboxylic acid groups (broad SMARTS) is 1. The number of hydrogen-bond donors (Lipinski definition) is 1. The first kappa shape index (κ1) is 12.9. The lowest BCUT2D eigenvalue weighted by Crippen LogP contribution is -2.43. The number of carboxylic acids is 1. The molecule has 106 valence electrons. The van der Waals surface area contributed by atoms with E-state index < -0.39 is 5.97 Å². The first-order valence-corrected chi connectivity index (χ1v) is 7.56. The Labute approximate surface area is 114 Å². The third kappa shape index (κ3) is 1.96. The highest BCUT2D eigenvalue weighted by atomic mass is 16.4. The zero-order valence-corrected chi connectivity index (χ0v) is 11.7. The van der Waals surface area contributed by atoms with Crippen LogP contribution in [0.2, 0.25) is 0 Å². The molecule has 3 fully saturated rings. The lowest BCUT2D eigenvalue weighted by molar-refractivity contribution is -0.147. The van der Waals surface area contributed by atoms with Crippen LogP contribution in [0.5, 0.6) is 0 Å². The fourth-order valence-corrected chi connectivity index (χ4v) is 4.66.